The highest BCUT2D eigenvalue weighted by Gasteiger charge is 2.23. The standard InChI is InChI=1S/C20H27N3O2/c1-15-4-5-19-16(11-15)12-17(13-22-7-9-25-10-8-22)20(21-19)23-6-2-3-18(24)14-23/h4-5,11-12,18,24H,2-3,6-10,13-14H2,1H3/t18-/m1/s1. The molecule has 0 spiro atoms. The molecule has 0 unspecified atom stereocenters. The maximum atomic E-state index is 10.1. The van der Waals surface area contributed by atoms with Crippen molar-refractivity contribution in [3.63, 3.8) is 0 Å². The van der Waals surface area contributed by atoms with E-state index in [2.05, 4.69) is 41.0 Å². The summed E-state index contributed by atoms with van der Waals surface area (Å²) in [6, 6.07) is 8.72. The van der Waals surface area contributed by atoms with E-state index in [1.807, 2.05) is 0 Å². The van der Waals surface area contributed by atoms with Crippen LogP contribution in [0.1, 0.15) is 24.0 Å². The number of nitrogens with zero attached hydrogens (tertiary/aromatic N) is 3. The van der Waals surface area contributed by atoms with Gasteiger partial charge in [0.1, 0.15) is 5.82 Å². The van der Waals surface area contributed by atoms with Crippen molar-refractivity contribution in [2.45, 2.75) is 32.4 Å². The summed E-state index contributed by atoms with van der Waals surface area (Å²) < 4.78 is 5.48. The number of morpholine rings is 1. The molecule has 1 atom stereocenters. The van der Waals surface area contributed by atoms with E-state index in [1.165, 1.54) is 16.5 Å². The molecule has 4 rings (SSSR count). The SMILES string of the molecule is Cc1ccc2nc(N3CCC[C@@H](O)C3)c(CN3CCOCC3)cc2c1. The molecule has 134 valence electrons. The van der Waals surface area contributed by atoms with Crippen LogP contribution in [0.25, 0.3) is 10.9 Å². The molecule has 3 heterocycles. The fraction of sp³-hybridized carbons (Fsp3) is 0.550. The summed E-state index contributed by atoms with van der Waals surface area (Å²) >= 11 is 0. The summed E-state index contributed by atoms with van der Waals surface area (Å²) in [7, 11) is 0. The fourth-order valence-electron chi connectivity index (χ4n) is 3.87. The quantitative estimate of drug-likeness (QED) is 0.929. The van der Waals surface area contributed by atoms with Crippen molar-refractivity contribution >= 4 is 16.7 Å². The van der Waals surface area contributed by atoms with Crippen LogP contribution in [0.15, 0.2) is 24.3 Å². The van der Waals surface area contributed by atoms with Gasteiger partial charge in [0.2, 0.25) is 0 Å². The molecular weight excluding hydrogens is 314 g/mol. The zero-order valence-corrected chi connectivity index (χ0v) is 14.9. The molecule has 0 bridgehead atoms. The minimum Gasteiger partial charge on any atom is -0.391 e. The normalized spacial score (nSPS) is 22.5. The minimum absolute atomic E-state index is 0.250. The summed E-state index contributed by atoms with van der Waals surface area (Å²) in [6.07, 6.45) is 1.66. The number of benzene rings is 1. The van der Waals surface area contributed by atoms with Gasteiger partial charge < -0.3 is 14.7 Å². The van der Waals surface area contributed by atoms with Crippen LogP contribution in [0.2, 0.25) is 0 Å². The lowest BCUT2D eigenvalue weighted by Crippen LogP contribution is -2.40. The fourth-order valence-corrected chi connectivity index (χ4v) is 3.87. The van der Waals surface area contributed by atoms with Crippen molar-refractivity contribution in [1.82, 2.24) is 9.88 Å². The molecule has 2 aliphatic rings. The molecule has 0 aliphatic carbocycles. The largest absolute Gasteiger partial charge is 0.391 e. The Labute approximate surface area is 149 Å². The number of hydrogen-bond donors (Lipinski definition) is 1. The van der Waals surface area contributed by atoms with Crippen LogP contribution in [0.3, 0.4) is 0 Å². The molecule has 2 aromatic rings. The Balaban J connectivity index is 1.71. The van der Waals surface area contributed by atoms with E-state index in [9.17, 15) is 5.11 Å². The number of fused-ring (bicyclic) bond motifs is 1. The molecule has 1 N–H and O–H groups in total. The van der Waals surface area contributed by atoms with Crippen LogP contribution < -0.4 is 4.90 Å². The van der Waals surface area contributed by atoms with Crippen LogP contribution in [0.5, 0.6) is 0 Å². The minimum atomic E-state index is -0.250. The number of ether oxygens (including phenoxy) is 1. The van der Waals surface area contributed by atoms with E-state index in [4.69, 9.17) is 9.72 Å². The van der Waals surface area contributed by atoms with Crippen molar-refractivity contribution in [3.8, 4) is 0 Å². The second kappa shape index (κ2) is 7.28. The zero-order valence-electron chi connectivity index (χ0n) is 14.9. The molecule has 5 heteroatoms. The number of aliphatic hydroxyl groups is 1. The summed E-state index contributed by atoms with van der Waals surface area (Å²) in [5.41, 5.74) is 3.55. The third kappa shape index (κ3) is 3.78. The van der Waals surface area contributed by atoms with Crippen LogP contribution in [0.4, 0.5) is 5.82 Å². The first-order chi connectivity index (χ1) is 12.2. The highest BCUT2D eigenvalue weighted by atomic mass is 16.5. The number of piperidine rings is 1. The number of rotatable bonds is 3. The summed E-state index contributed by atoms with van der Waals surface area (Å²) in [6.45, 7) is 8.20. The molecule has 2 saturated heterocycles. The third-order valence-electron chi connectivity index (χ3n) is 5.22. The van der Waals surface area contributed by atoms with E-state index in [1.54, 1.807) is 0 Å². The van der Waals surface area contributed by atoms with Gasteiger partial charge in [-0.05, 0) is 38.0 Å². The van der Waals surface area contributed by atoms with E-state index in [0.29, 0.717) is 6.54 Å². The number of anilines is 1. The number of aromatic nitrogens is 1. The smallest absolute Gasteiger partial charge is 0.133 e. The molecule has 2 fully saturated rings. The Morgan fingerprint density at radius 2 is 2.04 bits per heavy atom. The average Bonchev–Trinajstić information content (AvgIpc) is 2.62. The topological polar surface area (TPSA) is 48.8 Å². The summed E-state index contributed by atoms with van der Waals surface area (Å²) in [5.74, 6) is 1.04. The third-order valence-corrected chi connectivity index (χ3v) is 5.22. The number of aryl methyl sites for hydroxylation is 1. The van der Waals surface area contributed by atoms with E-state index < -0.39 is 0 Å². The highest BCUT2D eigenvalue weighted by molar-refractivity contribution is 5.82. The Morgan fingerprint density at radius 1 is 1.20 bits per heavy atom. The van der Waals surface area contributed by atoms with Gasteiger partial charge in [0.05, 0.1) is 24.8 Å². The first-order valence-corrected chi connectivity index (χ1v) is 9.32. The van der Waals surface area contributed by atoms with Crippen molar-refractivity contribution in [3.05, 3.63) is 35.4 Å². The van der Waals surface area contributed by atoms with Crippen molar-refractivity contribution < 1.29 is 9.84 Å². The maximum absolute atomic E-state index is 10.1. The number of aliphatic hydroxyl groups excluding tert-OH is 1. The summed E-state index contributed by atoms with van der Waals surface area (Å²) in [4.78, 5) is 9.70. The number of β-amino-alcohol motifs (C(OH)–C–C–N with tert-alkyl or cyclic N) is 1. The molecule has 2 aliphatic heterocycles. The van der Waals surface area contributed by atoms with Gasteiger partial charge in [-0.3, -0.25) is 4.90 Å². The van der Waals surface area contributed by atoms with Crippen molar-refractivity contribution in [2.24, 2.45) is 0 Å². The Morgan fingerprint density at radius 3 is 2.84 bits per heavy atom. The lowest BCUT2D eigenvalue weighted by molar-refractivity contribution is 0.0342. The number of pyridine rings is 1. The first-order valence-electron chi connectivity index (χ1n) is 9.32. The van der Waals surface area contributed by atoms with Crippen LogP contribution >= 0.6 is 0 Å². The van der Waals surface area contributed by atoms with Gasteiger partial charge in [-0.25, -0.2) is 4.98 Å². The molecule has 5 nitrogen and oxygen atoms in total. The molecule has 0 saturated carbocycles. The maximum Gasteiger partial charge on any atom is 0.133 e. The van der Waals surface area contributed by atoms with Gasteiger partial charge in [0.25, 0.3) is 0 Å². The van der Waals surface area contributed by atoms with E-state index >= 15 is 0 Å². The Kier molecular flexibility index (Phi) is 4.88. The second-order valence-electron chi connectivity index (χ2n) is 7.30. The predicted molar refractivity (Wildman–Crippen MR) is 100 cm³/mol. The first kappa shape index (κ1) is 16.8. The molecule has 1 aromatic carbocycles. The van der Waals surface area contributed by atoms with Gasteiger partial charge in [-0.1, -0.05) is 11.6 Å². The lowest BCUT2D eigenvalue weighted by Gasteiger charge is -2.34. The molecule has 1 aromatic heterocycles. The Bertz CT molecular complexity index is 743. The summed E-state index contributed by atoms with van der Waals surface area (Å²) in [5, 5.41) is 11.3. The van der Waals surface area contributed by atoms with Crippen molar-refractivity contribution in [2.75, 3.05) is 44.3 Å². The van der Waals surface area contributed by atoms with Crippen LogP contribution in [-0.2, 0) is 11.3 Å². The molecule has 25 heavy (non-hydrogen) atoms. The highest BCUT2D eigenvalue weighted by Crippen LogP contribution is 2.28. The second-order valence-corrected chi connectivity index (χ2v) is 7.30. The predicted octanol–water partition coefficient (Wildman–Crippen LogP) is 2.34. The average molecular weight is 341 g/mol. The number of hydrogen-bond acceptors (Lipinski definition) is 5. The van der Waals surface area contributed by atoms with Crippen LogP contribution in [0, 0.1) is 6.92 Å². The molecule has 0 radical (unpaired) electrons. The lowest BCUT2D eigenvalue weighted by atomic mass is 10.1. The zero-order chi connectivity index (χ0) is 17.2. The van der Waals surface area contributed by atoms with E-state index in [-0.39, 0.29) is 6.10 Å². The van der Waals surface area contributed by atoms with Gasteiger partial charge in [-0.2, -0.15) is 0 Å². The monoisotopic (exact) mass is 341 g/mol. The van der Waals surface area contributed by atoms with Gasteiger partial charge >= 0.3 is 0 Å². The Hall–Kier alpha value is -1.69. The van der Waals surface area contributed by atoms with Gasteiger partial charge in [0, 0.05) is 43.7 Å². The van der Waals surface area contributed by atoms with Gasteiger partial charge in [0.15, 0.2) is 0 Å². The molecule has 0 amide bonds. The van der Waals surface area contributed by atoms with Crippen molar-refractivity contribution in [1.29, 1.82) is 0 Å². The van der Waals surface area contributed by atoms with Gasteiger partial charge in [-0.15, -0.1) is 0 Å². The van der Waals surface area contributed by atoms with Crippen LogP contribution in [-0.4, -0.2) is 60.5 Å². The van der Waals surface area contributed by atoms with E-state index in [0.717, 1.165) is 63.6 Å². The molecular formula is C20H27N3O2.